The number of carboxylic acids is 4. The van der Waals surface area contributed by atoms with Crippen LogP contribution in [0, 0.1) is 65.6 Å². The van der Waals surface area contributed by atoms with E-state index in [0.29, 0.717) is 34.0 Å². The molecule has 3 aliphatic heterocycles. The van der Waals surface area contributed by atoms with Crippen molar-refractivity contribution < 1.29 is 66.0 Å². The van der Waals surface area contributed by atoms with Crippen molar-refractivity contribution in [1.82, 2.24) is 0 Å². The summed E-state index contributed by atoms with van der Waals surface area (Å²) in [4.78, 5) is 88.4. The number of nitrogens with one attached hydrogen (secondary N) is 1. The fourth-order valence-corrected chi connectivity index (χ4v) is 10.1. The van der Waals surface area contributed by atoms with Gasteiger partial charge in [-0.05, 0) is 82.3 Å². The summed E-state index contributed by atoms with van der Waals surface area (Å²) < 4.78 is 0. The number of carbonyl (C=O) groups is 6. The maximum Gasteiger partial charge on any atom is 2.00 e. The van der Waals surface area contributed by atoms with Gasteiger partial charge in [-0.25, -0.2) is 0 Å². The van der Waals surface area contributed by atoms with Crippen LogP contribution in [0.15, 0.2) is 49.3 Å². The average molecular weight is 924 g/mol. The molecule has 351 valence electrons. The van der Waals surface area contributed by atoms with E-state index in [0.717, 1.165) is 0 Å². The van der Waals surface area contributed by atoms with Crippen molar-refractivity contribution in [3.63, 3.8) is 0 Å². The molecule has 9 N–H and O–H groups in total. The fraction of sp³-hybridized carbons (Fsp3) is 0.630. The molecule has 3 rings (SSSR count). The van der Waals surface area contributed by atoms with Gasteiger partial charge < -0.3 is 45.1 Å². The molecule has 0 aliphatic carbocycles. The Bertz CT molecular complexity index is 1980. The topological polar surface area (TPSA) is 296 Å². The number of carboxylic acid groups (broad SMARTS) is 4. The number of hydrogen-bond donors (Lipinski definition) is 6. The summed E-state index contributed by atoms with van der Waals surface area (Å²) in [5, 5.41) is 39.5. The monoisotopic (exact) mass is 923 g/mol. The van der Waals surface area contributed by atoms with Gasteiger partial charge in [0.2, 0.25) is 11.8 Å². The van der Waals surface area contributed by atoms with E-state index in [1.54, 1.807) is 46.9 Å². The second-order valence-electron chi connectivity index (χ2n) is 18.8. The summed E-state index contributed by atoms with van der Waals surface area (Å²) in [5.74, 6) is -8.62. The molecule has 9 unspecified atom stereocenters. The van der Waals surface area contributed by atoms with Crippen LogP contribution in [0.3, 0.4) is 0 Å². The van der Waals surface area contributed by atoms with E-state index in [1.165, 1.54) is 0 Å². The zero-order valence-electron chi connectivity index (χ0n) is 38.3. The van der Waals surface area contributed by atoms with Gasteiger partial charge in [0.05, 0.1) is 12.5 Å². The minimum Gasteiger partial charge on any atom is -0.702 e. The number of nitrogens with zero attached hydrogens (tertiary/aromatic N) is 3. The Kier molecular flexibility index (Phi) is 19.5. The van der Waals surface area contributed by atoms with Gasteiger partial charge in [-0.15, -0.1) is 0 Å². The number of amides is 2. The molecule has 2 amide bonds. The van der Waals surface area contributed by atoms with Crippen molar-refractivity contribution in [1.29, 1.82) is 0 Å². The standard InChI is InChI=1S/C45H65N6O10.CH3.Co/c1-11-44(9)29(18-37(60)61)40(25(5)45(10,21-33(47)53)27(13-16-35(56)57)38(48)23(2)3)51-41(44)24(4)39-28(14-17-36(58)59)42(6,7)31(50-39)19-30-26(12-15-34(54)55)43(8,22-49-30)20-32(46)52;;/h1,19,22,25-29,40,48H,11-18,20-21H2,2-10H3,(H2,46,52)(H2,47,53)(H,54,55)(H,56,57)(H,58,59)(H,60,61);1H3;/q2*-1;+2/b30-19-,39-24-;;. The Morgan fingerprint density at radius 2 is 1.44 bits per heavy atom. The number of aliphatic carboxylic acids is 4. The van der Waals surface area contributed by atoms with Crippen molar-refractivity contribution in [3.8, 4) is 0 Å². The molecule has 0 aromatic rings. The summed E-state index contributed by atoms with van der Waals surface area (Å²) in [7, 11) is 0. The van der Waals surface area contributed by atoms with E-state index < -0.39 is 93.0 Å². The second-order valence-corrected chi connectivity index (χ2v) is 18.8. The smallest absolute Gasteiger partial charge is 0.702 e. The van der Waals surface area contributed by atoms with Gasteiger partial charge in [0.25, 0.3) is 0 Å². The molecule has 0 saturated carbocycles. The third kappa shape index (κ3) is 12.3. The average Bonchev–Trinajstić information content (AvgIpc) is 3.69. The third-order valence-corrected chi connectivity index (χ3v) is 13.9. The van der Waals surface area contributed by atoms with Crippen LogP contribution in [0.2, 0.25) is 0 Å². The molecule has 0 aromatic heterocycles. The molecule has 0 bridgehead atoms. The molecule has 3 radical (unpaired) electrons. The van der Waals surface area contributed by atoms with Gasteiger partial charge in [-0.2, -0.15) is 5.70 Å². The predicted octanol–water partition coefficient (Wildman–Crippen LogP) is 7.37. The minimum absolute atomic E-state index is 0. The van der Waals surface area contributed by atoms with E-state index in [9.17, 15) is 49.2 Å². The number of nitrogens with two attached hydrogens (primary N) is 2. The summed E-state index contributed by atoms with van der Waals surface area (Å²) >= 11 is 0. The van der Waals surface area contributed by atoms with E-state index in [4.69, 9.17) is 34.1 Å². The number of carbonyl (C=O) groups excluding carboxylic acids is 2. The van der Waals surface area contributed by atoms with Gasteiger partial charge in [0.1, 0.15) is 0 Å². The molecular weight excluding hydrogens is 855 g/mol. The molecule has 63 heavy (non-hydrogen) atoms. The molecule has 3 heterocycles. The Morgan fingerprint density at radius 1 is 0.905 bits per heavy atom. The Morgan fingerprint density at radius 3 is 1.90 bits per heavy atom. The van der Waals surface area contributed by atoms with Gasteiger partial charge in [0.15, 0.2) is 0 Å². The Labute approximate surface area is 382 Å². The fourth-order valence-electron chi connectivity index (χ4n) is 10.1. The third-order valence-electron chi connectivity index (χ3n) is 13.9. The molecule has 0 fully saturated rings. The Hall–Kier alpha value is -4.64. The molecule has 17 heteroatoms. The van der Waals surface area contributed by atoms with Gasteiger partial charge in [-0.1, -0.05) is 47.1 Å². The van der Waals surface area contributed by atoms with Gasteiger partial charge in [0, 0.05) is 95.1 Å². The van der Waals surface area contributed by atoms with E-state index in [2.05, 4.69) is 4.99 Å². The first-order valence-corrected chi connectivity index (χ1v) is 20.8. The van der Waals surface area contributed by atoms with E-state index >= 15 is 0 Å². The van der Waals surface area contributed by atoms with Crippen LogP contribution in [0.5, 0.6) is 0 Å². The normalized spacial score (nSPS) is 28.1. The van der Waals surface area contributed by atoms with Crippen molar-refractivity contribution in [3.05, 3.63) is 54.4 Å². The molecule has 0 aromatic carbocycles. The minimum atomic E-state index is -1.16. The number of aliphatic imine (C=N–C) groups is 3. The summed E-state index contributed by atoms with van der Waals surface area (Å²) in [6, 6.07) is -0.806. The second kappa shape index (κ2) is 21.8. The number of allylic oxidation sites excluding steroid dienone is 6. The van der Waals surface area contributed by atoms with Crippen LogP contribution in [-0.2, 0) is 45.5 Å². The molecule has 0 spiro atoms. The SMILES string of the molecule is [CH3-].[CH]CC1(C)C(/C(C)=C2N=C(/C=C3\N=CC(C)(CC(N)=O)C3CCC(=O)O)C(C)(C)C\2CCC(=O)O)=NC(C(C)C(C)(CC(N)=O)C(CCC(=O)O)C([NH-])=C(C)C)C1CC(=O)O.[Co+2]. The molecule has 3 aliphatic rings. The van der Waals surface area contributed by atoms with Crippen molar-refractivity contribution in [2.75, 3.05) is 0 Å². The number of rotatable bonds is 22. The number of primary amides is 2. The predicted molar refractivity (Wildman–Crippen MR) is 238 cm³/mol. The van der Waals surface area contributed by atoms with E-state index in [-0.39, 0.29) is 94.1 Å². The molecular formula is C46H68CoN6O10. The number of hydrogen-bond acceptors (Lipinski definition) is 9. The zero-order valence-corrected chi connectivity index (χ0v) is 39.4. The summed E-state index contributed by atoms with van der Waals surface area (Å²) in [6.07, 6.45) is 2.34. The van der Waals surface area contributed by atoms with Crippen molar-refractivity contribution >= 4 is 53.3 Å². The first-order valence-electron chi connectivity index (χ1n) is 20.8. The summed E-state index contributed by atoms with van der Waals surface area (Å²) in [6.45, 7) is 22.9. The van der Waals surface area contributed by atoms with E-state index in [1.807, 2.05) is 27.7 Å². The first kappa shape index (κ1) is 56.4. The molecule has 16 nitrogen and oxygen atoms in total. The zero-order chi connectivity index (χ0) is 46.6. The largest absolute Gasteiger partial charge is 2.00 e. The van der Waals surface area contributed by atoms with Crippen molar-refractivity contribution in [2.24, 2.45) is 77.7 Å². The quantitative estimate of drug-likeness (QED) is 0.0586. The van der Waals surface area contributed by atoms with Crippen LogP contribution < -0.4 is 11.5 Å². The maximum atomic E-state index is 12.8. The van der Waals surface area contributed by atoms with Crippen LogP contribution >= 0.6 is 0 Å². The van der Waals surface area contributed by atoms with Crippen LogP contribution in [-0.4, -0.2) is 79.8 Å². The molecule has 0 saturated heterocycles. The Balaban J connectivity index is 0.00000992. The van der Waals surface area contributed by atoms with Gasteiger partial charge in [-0.3, -0.25) is 43.7 Å². The van der Waals surface area contributed by atoms with Crippen LogP contribution in [0.4, 0.5) is 0 Å². The van der Waals surface area contributed by atoms with Crippen LogP contribution in [0.25, 0.3) is 5.73 Å². The van der Waals surface area contributed by atoms with Crippen LogP contribution in [0.1, 0.15) is 127 Å². The summed E-state index contributed by atoms with van der Waals surface area (Å²) in [5.41, 5.74) is 20.0. The maximum absolute atomic E-state index is 12.8. The molecule has 9 atom stereocenters. The van der Waals surface area contributed by atoms with Gasteiger partial charge >= 0.3 is 40.7 Å². The first-order chi connectivity index (χ1) is 28.1. The van der Waals surface area contributed by atoms with Crippen molar-refractivity contribution in [2.45, 2.75) is 133 Å².